The first kappa shape index (κ1) is 10.6. The smallest absolute Gasteiger partial charge is 0.299 e. The van der Waals surface area contributed by atoms with Crippen LogP contribution in [-0.4, -0.2) is 18.2 Å². The number of ketones is 1. The van der Waals surface area contributed by atoms with Gasteiger partial charge in [-0.3, -0.25) is 9.59 Å². The Morgan fingerprint density at radius 1 is 1.31 bits per heavy atom. The summed E-state index contributed by atoms with van der Waals surface area (Å²) in [6.45, 7) is 7.80. The molecule has 0 saturated heterocycles. The highest BCUT2D eigenvalue weighted by Crippen LogP contribution is 2.33. The van der Waals surface area contributed by atoms with E-state index in [2.05, 4.69) is 6.58 Å². The Bertz CT molecular complexity index is 503. The Morgan fingerprint density at radius 2 is 2.00 bits per heavy atom. The minimum Gasteiger partial charge on any atom is -0.301 e. The van der Waals surface area contributed by atoms with Gasteiger partial charge in [0.25, 0.3) is 11.7 Å². The molecule has 1 amide bonds. The number of benzene rings is 1. The fourth-order valence-corrected chi connectivity index (χ4v) is 2.13. The van der Waals surface area contributed by atoms with E-state index in [4.69, 9.17) is 0 Å². The van der Waals surface area contributed by atoms with Gasteiger partial charge >= 0.3 is 0 Å². The lowest BCUT2D eigenvalue weighted by Gasteiger charge is -2.16. The minimum absolute atomic E-state index is 0.376. The Kier molecular flexibility index (Phi) is 2.38. The molecular formula is C13H13NO2. The Hall–Kier alpha value is -1.90. The van der Waals surface area contributed by atoms with E-state index in [1.807, 2.05) is 19.9 Å². The van der Waals surface area contributed by atoms with Crippen molar-refractivity contribution in [3.05, 3.63) is 41.5 Å². The lowest BCUT2D eigenvalue weighted by Crippen LogP contribution is -2.29. The van der Waals surface area contributed by atoms with Crippen molar-refractivity contribution in [3.8, 4) is 0 Å². The van der Waals surface area contributed by atoms with Gasteiger partial charge in [-0.15, -0.1) is 6.58 Å². The molecule has 1 aromatic rings. The summed E-state index contributed by atoms with van der Waals surface area (Å²) in [5.74, 6) is -0.868. The summed E-state index contributed by atoms with van der Waals surface area (Å²) in [4.78, 5) is 25.0. The van der Waals surface area contributed by atoms with Crippen LogP contribution in [0.2, 0.25) is 0 Å². The third-order valence-corrected chi connectivity index (χ3v) is 2.71. The van der Waals surface area contributed by atoms with Gasteiger partial charge in [-0.25, -0.2) is 0 Å². The van der Waals surface area contributed by atoms with Crippen molar-refractivity contribution >= 4 is 17.4 Å². The van der Waals surface area contributed by atoms with E-state index >= 15 is 0 Å². The van der Waals surface area contributed by atoms with Crippen molar-refractivity contribution in [2.24, 2.45) is 0 Å². The molecule has 1 heterocycles. The van der Waals surface area contributed by atoms with Crippen LogP contribution in [0.5, 0.6) is 0 Å². The molecule has 16 heavy (non-hydrogen) atoms. The molecule has 1 aliphatic heterocycles. The quantitative estimate of drug-likeness (QED) is 0.559. The number of amides is 1. The number of Topliss-reactive ketones (excluding diaryl/α,β-unsaturated/α-hetero) is 1. The molecule has 1 aromatic carbocycles. The molecule has 2 rings (SSSR count). The zero-order valence-corrected chi connectivity index (χ0v) is 9.41. The monoisotopic (exact) mass is 215 g/mol. The van der Waals surface area contributed by atoms with E-state index in [1.54, 1.807) is 12.1 Å². The van der Waals surface area contributed by atoms with Gasteiger partial charge in [0.05, 0.1) is 11.3 Å². The summed E-state index contributed by atoms with van der Waals surface area (Å²) in [5.41, 5.74) is 3.21. The maximum absolute atomic E-state index is 11.8. The number of aryl methyl sites for hydroxylation is 2. The number of nitrogens with zero attached hydrogens (tertiary/aromatic N) is 1. The van der Waals surface area contributed by atoms with Crippen LogP contribution < -0.4 is 4.90 Å². The van der Waals surface area contributed by atoms with E-state index in [0.717, 1.165) is 16.8 Å². The largest absolute Gasteiger partial charge is 0.301 e. The molecule has 0 spiro atoms. The van der Waals surface area contributed by atoms with Gasteiger partial charge in [0.2, 0.25) is 0 Å². The summed E-state index contributed by atoms with van der Waals surface area (Å²) in [6.07, 6.45) is 1.62. The summed E-state index contributed by atoms with van der Waals surface area (Å²) in [5, 5.41) is 0. The molecule has 0 bridgehead atoms. The molecule has 0 N–H and O–H groups in total. The van der Waals surface area contributed by atoms with Gasteiger partial charge in [0.15, 0.2) is 0 Å². The average Bonchev–Trinajstić information content (AvgIpc) is 2.44. The molecule has 1 aliphatic rings. The summed E-state index contributed by atoms with van der Waals surface area (Å²) >= 11 is 0. The van der Waals surface area contributed by atoms with Crippen LogP contribution >= 0.6 is 0 Å². The highest BCUT2D eigenvalue weighted by Gasteiger charge is 2.36. The van der Waals surface area contributed by atoms with Crippen molar-refractivity contribution in [2.75, 3.05) is 11.4 Å². The van der Waals surface area contributed by atoms with Crippen LogP contribution in [0.25, 0.3) is 0 Å². The average molecular weight is 215 g/mol. The Labute approximate surface area is 94.4 Å². The Morgan fingerprint density at radius 3 is 2.62 bits per heavy atom. The summed E-state index contributed by atoms with van der Waals surface area (Å²) in [7, 11) is 0. The number of hydrogen-bond acceptors (Lipinski definition) is 2. The van der Waals surface area contributed by atoms with Crippen LogP contribution in [0.4, 0.5) is 5.69 Å². The van der Waals surface area contributed by atoms with Gasteiger partial charge in [-0.05, 0) is 31.0 Å². The lowest BCUT2D eigenvalue weighted by molar-refractivity contribution is -0.114. The number of carbonyl (C=O) groups is 2. The van der Waals surface area contributed by atoms with Gasteiger partial charge in [0.1, 0.15) is 0 Å². The first-order valence-corrected chi connectivity index (χ1v) is 5.14. The van der Waals surface area contributed by atoms with Crippen molar-refractivity contribution in [1.82, 2.24) is 0 Å². The summed E-state index contributed by atoms with van der Waals surface area (Å²) in [6, 6.07) is 3.74. The maximum atomic E-state index is 11.8. The second kappa shape index (κ2) is 3.59. The predicted octanol–water partition coefficient (Wildman–Crippen LogP) is 2.02. The zero-order chi connectivity index (χ0) is 11.9. The van der Waals surface area contributed by atoms with Crippen LogP contribution in [0.1, 0.15) is 21.5 Å². The van der Waals surface area contributed by atoms with Crippen molar-refractivity contribution in [2.45, 2.75) is 13.8 Å². The van der Waals surface area contributed by atoms with Gasteiger partial charge < -0.3 is 4.90 Å². The third-order valence-electron chi connectivity index (χ3n) is 2.71. The van der Waals surface area contributed by atoms with Crippen molar-refractivity contribution < 1.29 is 9.59 Å². The Balaban J connectivity index is 2.65. The molecule has 0 atom stereocenters. The molecule has 0 fully saturated rings. The topological polar surface area (TPSA) is 37.4 Å². The highest BCUT2D eigenvalue weighted by molar-refractivity contribution is 6.52. The molecule has 0 aliphatic carbocycles. The molecule has 3 heteroatoms. The van der Waals surface area contributed by atoms with Crippen molar-refractivity contribution in [1.29, 1.82) is 0 Å². The third kappa shape index (κ3) is 1.36. The van der Waals surface area contributed by atoms with Gasteiger partial charge in [-0.2, -0.15) is 0 Å². The zero-order valence-electron chi connectivity index (χ0n) is 9.41. The molecule has 0 aromatic heterocycles. The van der Waals surface area contributed by atoms with E-state index in [-0.39, 0.29) is 0 Å². The van der Waals surface area contributed by atoms with Crippen LogP contribution in [0.3, 0.4) is 0 Å². The molecule has 0 saturated carbocycles. The molecule has 0 radical (unpaired) electrons. The molecule has 82 valence electrons. The maximum Gasteiger partial charge on any atom is 0.299 e. The van der Waals surface area contributed by atoms with Gasteiger partial charge in [-0.1, -0.05) is 12.1 Å². The van der Waals surface area contributed by atoms with Crippen LogP contribution in [-0.2, 0) is 4.79 Å². The van der Waals surface area contributed by atoms with E-state index in [1.165, 1.54) is 4.90 Å². The highest BCUT2D eigenvalue weighted by atomic mass is 16.2. The number of hydrogen-bond donors (Lipinski definition) is 0. The van der Waals surface area contributed by atoms with Gasteiger partial charge in [0, 0.05) is 6.54 Å². The number of rotatable bonds is 2. The number of fused-ring (bicyclic) bond motifs is 1. The number of anilines is 1. The first-order valence-electron chi connectivity index (χ1n) is 5.14. The van der Waals surface area contributed by atoms with E-state index in [9.17, 15) is 9.59 Å². The molecule has 3 nitrogen and oxygen atoms in total. The van der Waals surface area contributed by atoms with E-state index < -0.39 is 11.7 Å². The fourth-order valence-electron chi connectivity index (χ4n) is 2.13. The normalized spacial score (nSPS) is 14.2. The SMILES string of the molecule is C=CCN1C(=O)C(=O)c2cc(C)cc(C)c21. The predicted molar refractivity (Wildman–Crippen MR) is 62.8 cm³/mol. The van der Waals surface area contributed by atoms with Crippen molar-refractivity contribution in [3.63, 3.8) is 0 Å². The minimum atomic E-state index is -0.455. The lowest BCUT2D eigenvalue weighted by atomic mass is 10.0. The number of carbonyl (C=O) groups excluding carboxylic acids is 2. The standard InChI is InChI=1S/C13H13NO2/c1-4-5-14-11-9(3)6-8(2)7-10(11)12(15)13(14)16/h4,6-7H,1,5H2,2-3H3. The molecular weight excluding hydrogens is 202 g/mol. The molecule has 0 unspecified atom stereocenters. The second-order valence-electron chi connectivity index (χ2n) is 4.01. The van der Waals surface area contributed by atoms with Crippen LogP contribution in [0, 0.1) is 13.8 Å². The summed E-state index contributed by atoms with van der Waals surface area (Å²) < 4.78 is 0. The van der Waals surface area contributed by atoms with E-state index in [0.29, 0.717) is 12.1 Å². The second-order valence-corrected chi connectivity index (χ2v) is 4.01. The first-order chi connectivity index (χ1) is 7.56. The van der Waals surface area contributed by atoms with Crippen LogP contribution in [0.15, 0.2) is 24.8 Å². The fraction of sp³-hybridized carbons (Fsp3) is 0.231.